The van der Waals surface area contributed by atoms with Gasteiger partial charge in [0, 0.05) is 38.3 Å². The largest absolute Gasteiger partial charge is 0.448 e. The van der Waals surface area contributed by atoms with Crippen LogP contribution in [0.3, 0.4) is 0 Å². The fraction of sp³-hybridized carbons (Fsp3) is 0.333. The number of imidazole rings is 1. The molecule has 8 heteroatoms. The van der Waals surface area contributed by atoms with Crippen molar-refractivity contribution < 1.29 is 9.53 Å². The molecule has 38 heavy (non-hydrogen) atoms. The fourth-order valence-electron chi connectivity index (χ4n) is 4.81. The van der Waals surface area contributed by atoms with Crippen LogP contribution < -0.4 is 5.32 Å². The summed E-state index contributed by atoms with van der Waals surface area (Å²) in [6.07, 6.45) is 1.49. The molecule has 2 heterocycles. The first kappa shape index (κ1) is 27.5. The smallest absolute Gasteiger partial charge is 0.409 e. The minimum absolute atomic E-state index is 0. The summed E-state index contributed by atoms with van der Waals surface area (Å²) in [5.41, 5.74) is 4.47. The molecule has 2 N–H and O–H groups in total. The Balaban J connectivity index is 0.00000336. The molecule has 4 aromatic rings. The van der Waals surface area contributed by atoms with Crippen LogP contribution >= 0.6 is 13.5 Å². The Hall–Kier alpha value is -3.49. The summed E-state index contributed by atoms with van der Waals surface area (Å²) in [7, 11) is 0. The van der Waals surface area contributed by atoms with Gasteiger partial charge in [0.1, 0.15) is 6.61 Å². The number of benzene rings is 3. The van der Waals surface area contributed by atoms with E-state index in [4.69, 9.17) is 4.74 Å². The number of para-hydroxylation sites is 2. The van der Waals surface area contributed by atoms with Gasteiger partial charge in [0.2, 0.25) is 5.95 Å². The van der Waals surface area contributed by atoms with Crippen LogP contribution in [-0.2, 0) is 17.8 Å². The van der Waals surface area contributed by atoms with E-state index in [1.807, 2.05) is 41.3 Å². The van der Waals surface area contributed by atoms with Crippen LogP contribution in [0.1, 0.15) is 30.9 Å². The van der Waals surface area contributed by atoms with Gasteiger partial charge >= 0.3 is 6.09 Å². The van der Waals surface area contributed by atoms with E-state index in [0.717, 1.165) is 42.9 Å². The van der Waals surface area contributed by atoms with Crippen LogP contribution in [0.2, 0.25) is 0 Å². The maximum atomic E-state index is 12.9. The number of aromatic nitrogens is 2. The average Bonchev–Trinajstić information content (AvgIpc) is 3.35. The normalized spacial score (nSPS) is 14.7. The number of ether oxygens (including phenoxy) is 1. The van der Waals surface area contributed by atoms with E-state index in [0.29, 0.717) is 19.7 Å². The minimum Gasteiger partial charge on any atom is -0.448 e. The highest BCUT2D eigenvalue weighted by molar-refractivity contribution is 7.59. The summed E-state index contributed by atoms with van der Waals surface area (Å²) in [4.78, 5) is 25.0. The molecule has 0 radical (unpaired) electrons. The third kappa shape index (κ3) is 7.30. The second kappa shape index (κ2) is 13.3. The second-order valence-electron chi connectivity index (χ2n) is 9.81. The zero-order chi connectivity index (χ0) is 25.5. The topological polar surface area (TPSA) is 73.5 Å². The van der Waals surface area contributed by atoms with Crippen LogP contribution in [0.15, 0.2) is 84.9 Å². The van der Waals surface area contributed by atoms with Gasteiger partial charge in [-0.3, -0.25) is 4.90 Å². The fourth-order valence-corrected chi connectivity index (χ4v) is 4.81. The van der Waals surface area contributed by atoms with Crippen LogP contribution in [0, 0.1) is 0 Å². The van der Waals surface area contributed by atoms with Crippen molar-refractivity contribution in [2.24, 2.45) is 0 Å². The van der Waals surface area contributed by atoms with E-state index in [1.54, 1.807) is 0 Å². The molecule has 1 aromatic heterocycles. The summed E-state index contributed by atoms with van der Waals surface area (Å²) in [6, 6.07) is 29.2. The first-order chi connectivity index (χ1) is 18.1. The third-order valence-electron chi connectivity index (χ3n) is 7.01. The number of aromatic amines is 1. The van der Waals surface area contributed by atoms with Crippen molar-refractivity contribution in [3.63, 3.8) is 0 Å². The zero-order valence-corrected chi connectivity index (χ0v) is 22.8. The molecule has 200 valence electrons. The SMILES string of the molecule is C[C@@H](COC(=O)N1CCC(Nc2nc3ccccc3[nH]2)CC1)N(Cc1ccccc1)Cc1ccccc1.S. The molecule has 0 saturated carbocycles. The highest BCUT2D eigenvalue weighted by atomic mass is 32.1. The van der Waals surface area contributed by atoms with Crippen molar-refractivity contribution in [2.75, 3.05) is 25.0 Å². The van der Waals surface area contributed by atoms with Crippen molar-refractivity contribution in [1.82, 2.24) is 19.8 Å². The number of hydrogen-bond donors (Lipinski definition) is 2. The van der Waals surface area contributed by atoms with E-state index in [1.165, 1.54) is 11.1 Å². The van der Waals surface area contributed by atoms with Gasteiger partial charge in [-0.1, -0.05) is 72.8 Å². The molecule has 5 rings (SSSR count). The van der Waals surface area contributed by atoms with E-state index < -0.39 is 0 Å². The Labute approximate surface area is 231 Å². The van der Waals surface area contributed by atoms with Crippen LogP contribution in [-0.4, -0.2) is 57.6 Å². The molecule has 7 nitrogen and oxygen atoms in total. The lowest BCUT2D eigenvalue weighted by Crippen LogP contribution is -2.44. The van der Waals surface area contributed by atoms with Crippen molar-refractivity contribution in [2.45, 2.75) is 44.9 Å². The Morgan fingerprint density at radius 3 is 2.16 bits per heavy atom. The predicted molar refractivity (Wildman–Crippen MR) is 158 cm³/mol. The number of carbonyl (C=O) groups is 1. The van der Waals surface area contributed by atoms with Gasteiger partial charge in [0.15, 0.2) is 0 Å². The number of H-pyrrole nitrogens is 1. The first-order valence-electron chi connectivity index (χ1n) is 13.1. The second-order valence-corrected chi connectivity index (χ2v) is 9.81. The number of carbonyl (C=O) groups excluding carboxylic acids is 1. The molecule has 0 unspecified atom stereocenters. The number of anilines is 1. The highest BCUT2D eigenvalue weighted by Crippen LogP contribution is 2.19. The van der Waals surface area contributed by atoms with E-state index in [2.05, 4.69) is 75.6 Å². The molecule has 1 amide bonds. The lowest BCUT2D eigenvalue weighted by molar-refractivity contribution is 0.0595. The summed E-state index contributed by atoms with van der Waals surface area (Å²) >= 11 is 0. The van der Waals surface area contributed by atoms with Gasteiger partial charge in [-0.05, 0) is 43.0 Å². The first-order valence-corrected chi connectivity index (χ1v) is 13.1. The van der Waals surface area contributed by atoms with E-state index in [-0.39, 0.29) is 31.7 Å². The maximum Gasteiger partial charge on any atom is 0.409 e. The van der Waals surface area contributed by atoms with E-state index in [9.17, 15) is 4.79 Å². The molecule has 1 saturated heterocycles. The summed E-state index contributed by atoms with van der Waals surface area (Å²) < 4.78 is 5.80. The van der Waals surface area contributed by atoms with Crippen molar-refractivity contribution in [1.29, 1.82) is 0 Å². The number of nitrogens with one attached hydrogen (secondary N) is 2. The van der Waals surface area contributed by atoms with Gasteiger partial charge in [-0.15, -0.1) is 0 Å². The molecule has 0 bridgehead atoms. The molecule has 1 atom stereocenters. The minimum atomic E-state index is -0.228. The van der Waals surface area contributed by atoms with Crippen molar-refractivity contribution in [3.05, 3.63) is 96.1 Å². The van der Waals surface area contributed by atoms with Crippen molar-refractivity contribution in [3.8, 4) is 0 Å². The van der Waals surface area contributed by atoms with Gasteiger partial charge in [0.05, 0.1) is 11.0 Å². The quantitative estimate of drug-likeness (QED) is 0.286. The predicted octanol–water partition coefficient (Wildman–Crippen LogP) is 5.78. The molecular formula is C30H37N5O2S. The maximum absolute atomic E-state index is 12.9. The number of hydrogen-bond acceptors (Lipinski definition) is 5. The Bertz CT molecular complexity index is 1200. The highest BCUT2D eigenvalue weighted by Gasteiger charge is 2.25. The summed E-state index contributed by atoms with van der Waals surface area (Å²) in [6.45, 7) is 5.42. The average molecular weight is 532 g/mol. The Kier molecular flexibility index (Phi) is 9.67. The van der Waals surface area contributed by atoms with Gasteiger partial charge in [-0.25, -0.2) is 9.78 Å². The van der Waals surface area contributed by atoms with Gasteiger partial charge < -0.3 is 19.9 Å². The molecule has 1 aliphatic rings. The Morgan fingerprint density at radius 2 is 1.55 bits per heavy atom. The van der Waals surface area contributed by atoms with E-state index >= 15 is 0 Å². The standard InChI is InChI=1S/C30H35N5O2.H2S/c1-23(35(20-24-10-4-2-5-11-24)21-25-12-6-3-7-13-25)22-37-30(36)34-18-16-26(17-19-34)31-29-32-27-14-8-9-15-28(27)33-29;/h2-15,23,26H,16-22H2,1H3,(H2,31,32,33);1H2/t23-;/m0./s1. The molecule has 3 aromatic carbocycles. The molecule has 0 spiro atoms. The lowest BCUT2D eigenvalue weighted by atomic mass is 10.1. The zero-order valence-electron chi connectivity index (χ0n) is 21.8. The third-order valence-corrected chi connectivity index (χ3v) is 7.01. The summed E-state index contributed by atoms with van der Waals surface area (Å²) in [5.74, 6) is 0.785. The lowest BCUT2D eigenvalue weighted by Gasteiger charge is -2.33. The molecule has 1 aliphatic heterocycles. The molecular weight excluding hydrogens is 494 g/mol. The Morgan fingerprint density at radius 1 is 0.974 bits per heavy atom. The van der Waals surface area contributed by atoms with Gasteiger partial charge in [0.25, 0.3) is 0 Å². The van der Waals surface area contributed by atoms with Gasteiger partial charge in [-0.2, -0.15) is 13.5 Å². The number of rotatable bonds is 9. The molecule has 1 fully saturated rings. The monoisotopic (exact) mass is 531 g/mol. The number of nitrogens with zero attached hydrogens (tertiary/aromatic N) is 3. The van der Waals surface area contributed by atoms with Crippen molar-refractivity contribution >= 4 is 36.6 Å². The number of amides is 1. The van der Waals surface area contributed by atoms with Crippen LogP contribution in [0.4, 0.5) is 10.7 Å². The number of likely N-dealkylation sites (tertiary alicyclic amines) is 1. The molecule has 0 aliphatic carbocycles. The van der Waals surface area contributed by atoms with Crippen LogP contribution in [0.5, 0.6) is 0 Å². The number of fused-ring (bicyclic) bond motifs is 1. The van der Waals surface area contributed by atoms with Crippen LogP contribution in [0.25, 0.3) is 11.0 Å². The number of piperidine rings is 1. The summed E-state index contributed by atoms with van der Waals surface area (Å²) in [5, 5.41) is 3.49.